The average molecular weight is 405 g/mol. The zero-order valence-electron chi connectivity index (χ0n) is 16.9. The highest BCUT2D eigenvalue weighted by Crippen LogP contribution is 2.28. The zero-order chi connectivity index (χ0) is 21.0. The fourth-order valence-corrected chi connectivity index (χ4v) is 2.18. The number of imide groups is 2. The van der Waals surface area contributed by atoms with E-state index in [-0.39, 0.29) is 12.2 Å². The van der Waals surface area contributed by atoms with Gasteiger partial charge in [0.15, 0.2) is 0 Å². The number of benzene rings is 1. The molecule has 1 aromatic rings. The van der Waals surface area contributed by atoms with Crippen LogP contribution in [0.1, 0.15) is 55.4 Å². The number of hydrogen-bond acceptors (Lipinski definition) is 3. The van der Waals surface area contributed by atoms with E-state index in [0.29, 0.717) is 10.0 Å². The van der Waals surface area contributed by atoms with Crippen LogP contribution in [0.25, 0.3) is 0 Å². The number of hydrogen-bond donors (Lipinski definition) is 0. The Bertz CT molecular complexity index is 581. The number of carbonyl (C=O) groups is 3. The van der Waals surface area contributed by atoms with Crippen LogP contribution < -0.4 is 4.90 Å². The molecule has 0 saturated carbocycles. The van der Waals surface area contributed by atoms with Crippen LogP contribution in [0, 0.1) is 5.92 Å². The SMILES string of the molecule is CC.CC.CC(=O)N1CC(=O)N(c2cc(Cl)cc(Cl)c2)C1=O.CC(C)C. The maximum absolute atomic E-state index is 11.9. The van der Waals surface area contributed by atoms with Crippen molar-refractivity contribution in [3.8, 4) is 0 Å². The Morgan fingerprint density at radius 3 is 1.65 bits per heavy atom. The maximum atomic E-state index is 11.9. The summed E-state index contributed by atoms with van der Waals surface area (Å²) in [6, 6.07) is 3.67. The van der Waals surface area contributed by atoms with Crippen molar-refractivity contribution in [3.05, 3.63) is 28.2 Å². The lowest BCUT2D eigenvalue weighted by atomic mass is 10.3. The van der Waals surface area contributed by atoms with Crippen molar-refractivity contribution in [1.29, 1.82) is 0 Å². The van der Waals surface area contributed by atoms with Crippen molar-refractivity contribution < 1.29 is 14.4 Å². The first-order chi connectivity index (χ1) is 12.1. The molecule has 1 aliphatic rings. The van der Waals surface area contributed by atoms with Crippen molar-refractivity contribution >= 4 is 46.7 Å². The van der Waals surface area contributed by atoms with E-state index in [1.165, 1.54) is 25.1 Å². The van der Waals surface area contributed by atoms with Crippen LogP contribution in [0.2, 0.25) is 10.0 Å². The lowest BCUT2D eigenvalue weighted by Gasteiger charge is -2.15. The van der Waals surface area contributed by atoms with E-state index in [0.717, 1.165) is 15.7 Å². The highest BCUT2D eigenvalue weighted by Gasteiger charge is 2.39. The molecule has 148 valence electrons. The third kappa shape index (κ3) is 8.68. The van der Waals surface area contributed by atoms with Crippen LogP contribution in [-0.4, -0.2) is 29.3 Å². The summed E-state index contributed by atoms with van der Waals surface area (Å²) in [5.41, 5.74) is 0.256. The van der Waals surface area contributed by atoms with Gasteiger partial charge in [-0.2, -0.15) is 0 Å². The molecule has 0 aliphatic carbocycles. The Morgan fingerprint density at radius 2 is 1.35 bits per heavy atom. The standard InChI is InChI=1S/C11H8Cl2N2O3.C4H10.2C2H6/c1-6(16)14-5-10(17)15(11(14)18)9-3-7(12)2-8(13)4-9;1-4(2)3;2*1-2/h2-4H,5H2,1H3;4H,1-3H3;2*1-2H3. The summed E-state index contributed by atoms with van der Waals surface area (Å²) in [4.78, 5) is 36.6. The molecule has 0 bridgehead atoms. The van der Waals surface area contributed by atoms with Crippen LogP contribution in [0.4, 0.5) is 10.5 Å². The fourth-order valence-electron chi connectivity index (χ4n) is 1.67. The van der Waals surface area contributed by atoms with Crippen LogP contribution in [0.3, 0.4) is 0 Å². The lowest BCUT2D eigenvalue weighted by molar-refractivity contribution is -0.128. The predicted molar refractivity (Wildman–Crippen MR) is 110 cm³/mol. The molecule has 0 unspecified atom stereocenters. The Kier molecular flexibility index (Phi) is 13.9. The largest absolute Gasteiger partial charge is 0.338 e. The summed E-state index contributed by atoms with van der Waals surface area (Å²) >= 11 is 11.6. The second kappa shape index (κ2) is 13.6. The summed E-state index contributed by atoms with van der Waals surface area (Å²) in [7, 11) is 0. The van der Waals surface area contributed by atoms with Crippen LogP contribution in [-0.2, 0) is 9.59 Å². The second-order valence-corrected chi connectivity index (χ2v) is 6.35. The van der Waals surface area contributed by atoms with Gasteiger partial charge >= 0.3 is 6.03 Å². The molecule has 0 radical (unpaired) electrons. The quantitative estimate of drug-likeness (QED) is 0.537. The highest BCUT2D eigenvalue weighted by atomic mass is 35.5. The Hall–Kier alpha value is -1.59. The van der Waals surface area contributed by atoms with Gasteiger partial charge in [0.2, 0.25) is 5.91 Å². The highest BCUT2D eigenvalue weighted by molar-refractivity contribution is 6.35. The smallest absolute Gasteiger partial charge is 0.275 e. The van der Waals surface area contributed by atoms with Gasteiger partial charge in [0, 0.05) is 17.0 Å². The fraction of sp³-hybridized carbons (Fsp3) is 0.526. The first-order valence-electron chi connectivity index (χ1n) is 8.74. The van der Waals surface area contributed by atoms with Gasteiger partial charge in [-0.05, 0) is 24.1 Å². The molecule has 1 heterocycles. The van der Waals surface area contributed by atoms with Crippen molar-refractivity contribution in [2.75, 3.05) is 11.4 Å². The first-order valence-corrected chi connectivity index (χ1v) is 9.50. The van der Waals surface area contributed by atoms with Gasteiger partial charge < -0.3 is 0 Å². The average Bonchev–Trinajstić information content (AvgIpc) is 2.85. The minimum absolute atomic E-state index is 0.256. The number of halogens is 2. The van der Waals surface area contributed by atoms with E-state index in [1.54, 1.807) is 0 Å². The molecule has 0 N–H and O–H groups in total. The molecule has 0 aromatic heterocycles. The topological polar surface area (TPSA) is 57.7 Å². The third-order valence-electron chi connectivity index (χ3n) is 2.45. The number of urea groups is 1. The van der Waals surface area contributed by atoms with Gasteiger partial charge in [-0.1, -0.05) is 71.7 Å². The molecule has 26 heavy (non-hydrogen) atoms. The van der Waals surface area contributed by atoms with Gasteiger partial charge in [-0.15, -0.1) is 0 Å². The number of carbonyl (C=O) groups excluding carboxylic acids is 3. The summed E-state index contributed by atoms with van der Waals surface area (Å²) in [6.45, 7) is 15.5. The van der Waals surface area contributed by atoms with E-state index in [9.17, 15) is 14.4 Å². The molecular weight excluding hydrogens is 375 g/mol. The van der Waals surface area contributed by atoms with Gasteiger partial charge in [-0.25, -0.2) is 9.69 Å². The van der Waals surface area contributed by atoms with Gasteiger partial charge in [0.05, 0.1) is 5.69 Å². The molecule has 1 aromatic carbocycles. The van der Waals surface area contributed by atoms with E-state index in [2.05, 4.69) is 20.8 Å². The molecule has 5 nitrogen and oxygen atoms in total. The number of amides is 4. The molecule has 0 atom stereocenters. The lowest BCUT2D eigenvalue weighted by Crippen LogP contribution is -2.35. The minimum Gasteiger partial charge on any atom is -0.275 e. The van der Waals surface area contributed by atoms with Gasteiger partial charge in [0.1, 0.15) is 6.54 Å². The molecule has 1 aliphatic heterocycles. The van der Waals surface area contributed by atoms with Crippen LogP contribution in [0.5, 0.6) is 0 Å². The molecule has 2 rings (SSSR count). The minimum atomic E-state index is -0.689. The summed E-state index contributed by atoms with van der Waals surface area (Å²) in [6.07, 6.45) is 0. The Morgan fingerprint density at radius 1 is 0.962 bits per heavy atom. The van der Waals surface area contributed by atoms with Crippen LogP contribution >= 0.6 is 23.2 Å². The number of anilines is 1. The van der Waals surface area contributed by atoms with Crippen molar-refractivity contribution in [2.45, 2.75) is 55.4 Å². The number of nitrogens with zero attached hydrogens (tertiary/aromatic N) is 2. The van der Waals surface area contributed by atoms with Crippen molar-refractivity contribution in [1.82, 2.24) is 4.90 Å². The first kappa shape index (κ1) is 26.6. The Labute approximate surface area is 167 Å². The predicted octanol–water partition coefficient (Wildman–Crippen LogP) is 6.02. The van der Waals surface area contributed by atoms with Gasteiger partial charge in [0.25, 0.3) is 5.91 Å². The second-order valence-electron chi connectivity index (χ2n) is 5.48. The molecule has 1 fully saturated rings. The monoisotopic (exact) mass is 404 g/mol. The number of rotatable bonds is 1. The molecule has 0 spiro atoms. The van der Waals surface area contributed by atoms with E-state index in [1.807, 2.05) is 27.7 Å². The molecule has 7 heteroatoms. The normalized spacial score (nSPS) is 12.6. The summed E-state index contributed by atoms with van der Waals surface area (Å²) in [5, 5.41) is 0.610. The molecule has 1 saturated heterocycles. The van der Waals surface area contributed by atoms with Gasteiger partial charge in [-0.3, -0.25) is 14.5 Å². The molecular formula is C19H30Cl2N2O3. The van der Waals surface area contributed by atoms with Crippen molar-refractivity contribution in [2.24, 2.45) is 5.92 Å². The van der Waals surface area contributed by atoms with E-state index >= 15 is 0 Å². The molecule has 4 amide bonds. The van der Waals surface area contributed by atoms with Crippen molar-refractivity contribution in [3.63, 3.8) is 0 Å². The third-order valence-corrected chi connectivity index (χ3v) is 2.89. The zero-order valence-corrected chi connectivity index (χ0v) is 18.4. The summed E-state index contributed by atoms with van der Waals surface area (Å²) < 4.78 is 0. The van der Waals surface area contributed by atoms with E-state index in [4.69, 9.17) is 23.2 Å². The summed E-state index contributed by atoms with van der Waals surface area (Å²) in [5.74, 6) is -0.141. The van der Waals surface area contributed by atoms with Crippen LogP contribution in [0.15, 0.2) is 18.2 Å². The van der Waals surface area contributed by atoms with E-state index < -0.39 is 17.8 Å². The maximum Gasteiger partial charge on any atom is 0.338 e. The Balaban J connectivity index is 0.